The first-order chi connectivity index (χ1) is 3.68. The Labute approximate surface area is 56.4 Å². The summed E-state index contributed by atoms with van der Waals surface area (Å²) in [7, 11) is 0. The van der Waals surface area contributed by atoms with Gasteiger partial charge < -0.3 is 0 Å². The van der Waals surface area contributed by atoms with E-state index in [1.165, 1.54) is 6.08 Å². The molecule has 0 rings (SSSR count). The van der Waals surface area contributed by atoms with E-state index in [2.05, 4.69) is 22.6 Å². The third-order valence-corrected chi connectivity index (χ3v) is 1.23. The van der Waals surface area contributed by atoms with Crippen molar-refractivity contribution >= 4 is 20.7 Å². The van der Waals surface area contributed by atoms with Crippen LogP contribution < -0.4 is 0 Å². The zero-order valence-electron chi connectivity index (χ0n) is 4.33. The van der Waals surface area contributed by atoms with Gasteiger partial charge in [-0.25, -0.2) is 0 Å². The van der Waals surface area contributed by atoms with Gasteiger partial charge in [0.05, 0.1) is 0 Å². The monoisotopic (exact) mass is 179 g/mol. The second kappa shape index (κ2) is 3.84. The third kappa shape index (κ3) is 2.97. The van der Waals surface area contributed by atoms with Crippen molar-refractivity contribution in [2.75, 3.05) is 0 Å². The topological polar surface area (TPSA) is 37.3 Å². The first kappa shape index (κ1) is 7.89. The summed E-state index contributed by atoms with van der Waals surface area (Å²) in [6.07, 6.45) is 0.929. The third-order valence-electron chi connectivity index (χ3n) is 0.662. The Morgan fingerprint density at radius 3 is 2.62 bits per heavy atom. The van der Waals surface area contributed by atoms with Gasteiger partial charge in [-0.2, -0.15) is 0 Å². The molecular formula is C5H7O2Se. The van der Waals surface area contributed by atoms with E-state index in [0.29, 0.717) is 6.42 Å². The molecule has 0 spiro atoms. The Hall–Kier alpha value is -0.111. The molecule has 0 fully saturated rings. The summed E-state index contributed by atoms with van der Waals surface area (Å²) < 4.78 is -0.329. The zero-order chi connectivity index (χ0) is 6.57. The minimum absolute atomic E-state index is 0.325. The molecule has 0 bridgehead atoms. The van der Waals surface area contributed by atoms with Gasteiger partial charge in [0.1, 0.15) is 0 Å². The number of carbonyl (C=O) groups excluding carboxylic acids is 1. The molecule has 1 radical (unpaired) electrons. The number of rotatable bonds is 3. The summed E-state index contributed by atoms with van der Waals surface area (Å²) in [6.45, 7) is 3.36. The Balaban J connectivity index is 3.46. The van der Waals surface area contributed by atoms with E-state index in [4.69, 9.17) is 5.11 Å². The molecule has 1 atom stereocenters. The van der Waals surface area contributed by atoms with E-state index >= 15 is 0 Å². The zero-order valence-corrected chi connectivity index (χ0v) is 6.05. The Morgan fingerprint density at radius 1 is 2.00 bits per heavy atom. The SMILES string of the molecule is C=CCC(O)C(=O)[Se]. The first-order valence-corrected chi connectivity index (χ1v) is 3.04. The van der Waals surface area contributed by atoms with Gasteiger partial charge in [0.15, 0.2) is 0 Å². The van der Waals surface area contributed by atoms with Crippen LogP contribution in [0.25, 0.3) is 0 Å². The molecule has 0 aliphatic carbocycles. The molecular weight excluding hydrogens is 171 g/mol. The number of carbonyl (C=O) groups is 1. The minimum atomic E-state index is -0.896. The average molecular weight is 178 g/mol. The van der Waals surface area contributed by atoms with Gasteiger partial charge in [0, 0.05) is 0 Å². The molecule has 0 aromatic heterocycles. The van der Waals surface area contributed by atoms with Crippen LogP contribution in [-0.2, 0) is 4.79 Å². The Bertz CT molecular complexity index is 101. The molecule has 1 unspecified atom stereocenters. The predicted octanol–water partition coefficient (Wildman–Crippen LogP) is -0.382. The average Bonchev–Trinajstić information content (AvgIpc) is 1.67. The number of aliphatic hydroxyl groups is 1. The van der Waals surface area contributed by atoms with Crippen molar-refractivity contribution in [3.05, 3.63) is 12.7 Å². The molecule has 0 aliphatic rings. The van der Waals surface area contributed by atoms with Crippen LogP contribution in [0.15, 0.2) is 12.7 Å². The predicted molar refractivity (Wildman–Crippen MR) is 31.6 cm³/mol. The van der Waals surface area contributed by atoms with Gasteiger partial charge in [0.2, 0.25) is 0 Å². The molecule has 8 heavy (non-hydrogen) atoms. The van der Waals surface area contributed by atoms with Gasteiger partial charge >= 0.3 is 55.8 Å². The van der Waals surface area contributed by atoms with E-state index in [1.807, 2.05) is 0 Å². The van der Waals surface area contributed by atoms with Crippen molar-refractivity contribution in [3.8, 4) is 0 Å². The van der Waals surface area contributed by atoms with E-state index in [9.17, 15) is 4.79 Å². The summed E-state index contributed by atoms with van der Waals surface area (Å²) in [6, 6.07) is 0. The molecule has 0 saturated carbocycles. The molecule has 0 aromatic carbocycles. The van der Waals surface area contributed by atoms with Crippen LogP contribution in [0.4, 0.5) is 0 Å². The summed E-state index contributed by atoms with van der Waals surface area (Å²) in [5.41, 5.74) is 0. The van der Waals surface area contributed by atoms with Gasteiger partial charge in [0.25, 0.3) is 0 Å². The van der Waals surface area contributed by atoms with Crippen molar-refractivity contribution in [3.63, 3.8) is 0 Å². The number of hydrogen-bond donors (Lipinski definition) is 1. The Morgan fingerprint density at radius 2 is 2.50 bits per heavy atom. The Kier molecular flexibility index (Phi) is 3.79. The first-order valence-electron chi connectivity index (χ1n) is 2.18. The second-order valence-corrected chi connectivity index (χ2v) is 2.20. The van der Waals surface area contributed by atoms with Crippen molar-refractivity contribution < 1.29 is 9.90 Å². The summed E-state index contributed by atoms with van der Waals surface area (Å²) >= 11 is 2.19. The van der Waals surface area contributed by atoms with E-state index in [0.717, 1.165) is 0 Å². The van der Waals surface area contributed by atoms with Crippen LogP contribution in [0.3, 0.4) is 0 Å². The summed E-state index contributed by atoms with van der Waals surface area (Å²) in [5, 5.41) is 8.67. The standard InChI is InChI=1S/C5H7O2Se/c1-2-3-4(6)5(7)8/h2,4,6H,1,3H2. The normalized spacial score (nSPS) is 12.6. The molecule has 0 amide bonds. The van der Waals surface area contributed by atoms with Crippen molar-refractivity contribution in [1.29, 1.82) is 0 Å². The van der Waals surface area contributed by atoms with Crippen LogP contribution in [0.1, 0.15) is 6.42 Å². The van der Waals surface area contributed by atoms with Crippen LogP contribution in [0.5, 0.6) is 0 Å². The number of hydrogen-bond acceptors (Lipinski definition) is 2. The molecule has 0 aliphatic heterocycles. The van der Waals surface area contributed by atoms with E-state index in [1.54, 1.807) is 0 Å². The second-order valence-electron chi connectivity index (χ2n) is 1.36. The van der Waals surface area contributed by atoms with Crippen molar-refractivity contribution in [2.45, 2.75) is 12.5 Å². The maximum atomic E-state index is 10.2. The fraction of sp³-hybridized carbons (Fsp3) is 0.400. The van der Waals surface area contributed by atoms with E-state index in [-0.39, 0.29) is 4.68 Å². The quantitative estimate of drug-likeness (QED) is 0.472. The summed E-state index contributed by atoms with van der Waals surface area (Å²) in [4.78, 5) is 10.2. The van der Waals surface area contributed by atoms with Gasteiger partial charge in [-0.1, -0.05) is 0 Å². The number of aliphatic hydroxyl groups excluding tert-OH is 1. The maximum absolute atomic E-state index is 10.2. The van der Waals surface area contributed by atoms with Crippen LogP contribution in [-0.4, -0.2) is 31.9 Å². The van der Waals surface area contributed by atoms with Crippen LogP contribution in [0.2, 0.25) is 0 Å². The molecule has 3 heteroatoms. The molecule has 0 aromatic rings. The van der Waals surface area contributed by atoms with Crippen molar-refractivity contribution in [1.82, 2.24) is 0 Å². The fourth-order valence-corrected chi connectivity index (χ4v) is 0.456. The molecule has 0 heterocycles. The summed E-state index contributed by atoms with van der Waals surface area (Å²) in [5.74, 6) is 0. The van der Waals surface area contributed by atoms with Gasteiger partial charge in [-0.15, -0.1) is 0 Å². The van der Waals surface area contributed by atoms with E-state index < -0.39 is 6.10 Å². The molecule has 0 saturated heterocycles. The van der Waals surface area contributed by atoms with Gasteiger partial charge in [-0.3, -0.25) is 0 Å². The van der Waals surface area contributed by atoms with Crippen LogP contribution >= 0.6 is 0 Å². The molecule has 45 valence electrons. The van der Waals surface area contributed by atoms with Crippen molar-refractivity contribution in [2.24, 2.45) is 0 Å². The fourth-order valence-electron chi connectivity index (χ4n) is 0.254. The molecule has 1 N–H and O–H groups in total. The molecule has 2 nitrogen and oxygen atoms in total. The van der Waals surface area contributed by atoms with Gasteiger partial charge in [-0.05, 0) is 0 Å². The van der Waals surface area contributed by atoms with Crippen LogP contribution in [0, 0.1) is 0 Å².